The number of carbonyl (C=O) groups is 1. The second-order valence-electron chi connectivity index (χ2n) is 6.82. The summed E-state index contributed by atoms with van der Waals surface area (Å²) in [6.07, 6.45) is 11.1. The number of hydrogen-bond donors (Lipinski definition) is 1. The Kier molecular flexibility index (Phi) is 5.36. The molecule has 0 saturated heterocycles. The van der Waals surface area contributed by atoms with E-state index in [0.717, 1.165) is 17.2 Å². The van der Waals surface area contributed by atoms with Gasteiger partial charge in [0.2, 0.25) is 5.95 Å². The molecule has 1 atom stereocenters. The predicted molar refractivity (Wildman–Crippen MR) is 96.6 cm³/mol. The van der Waals surface area contributed by atoms with E-state index >= 15 is 0 Å². The van der Waals surface area contributed by atoms with Crippen LogP contribution >= 0.6 is 0 Å². The van der Waals surface area contributed by atoms with Gasteiger partial charge >= 0.3 is 0 Å². The highest BCUT2D eigenvalue weighted by atomic mass is 16.3. The van der Waals surface area contributed by atoms with Gasteiger partial charge in [-0.05, 0) is 32.8 Å². The van der Waals surface area contributed by atoms with E-state index in [1.165, 1.54) is 44.6 Å². The molecule has 2 aromatic heterocycles. The van der Waals surface area contributed by atoms with E-state index in [-0.39, 0.29) is 11.9 Å². The fraction of sp³-hybridized carbons (Fsp3) is 0.526. The summed E-state index contributed by atoms with van der Waals surface area (Å²) in [5, 5.41) is 2.96. The number of nitrogens with zero attached hydrogens (tertiary/aromatic N) is 3. The third-order valence-electron chi connectivity index (χ3n) is 5.04. The van der Waals surface area contributed by atoms with Crippen molar-refractivity contribution in [2.75, 3.05) is 11.9 Å². The van der Waals surface area contributed by atoms with Crippen molar-refractivity contribution in [2.24, 2.45) is 0 Å². The van der Waals surface area contributed by atoms with E-state index in [9.17, 15) is 4.79 Å². The van der Waals surface area contributed by atoms with Crippen LogP contribution in [0.15, 0.2) is 29.2 Å². The molecule has 1 aliphatic carbocycles. The first-order valence-corrected chi connectivity index (χ1v) is 8.95. The first kappa shape index (κ1) is 17.5. The fourth-order valence-corrected chi connectivity index (χ4v) is 3.44. The Hall–Kier alpha value is -2.37. The van der Waals surface area contributed by atoms with Gasteiger partial charge in [-0.2, -0.15) is 0 Å². The van der Waals surface area contributed by atoms with Crippen LogP contribution in [0.3, 0.4) is 0 Å². The molecule has 0 aliphatic heterocycles. The highest BCUT2D eigenvalue weighted by Gasteiger charge is 2.21. The molecular formula is C19H26N4O2. The number of nitrogens with one attached hydrogen (secondary N) is 1. The van der Waals surface area contributed by atoms with Crippen LogP contribution < -0.4 is 10.2 Å². The number of furan rings is 1. The first-order chi connectivity index (χ1) is 12.1. The zero-order valence-electron chi connectivity index (χ0n) is 15.2. The van der Waals surface area contributed by atoms with Crippen LogP contribution in [0.2, 0.25) is 0 Å². The van der Waals surface area contributed by atoms with E-state index in [1.54, 1.807) is 6.07 Å². The number of rotatable bonds is 5. The van der Waals surface area contributed by atoms with Crippen molar-refractivity contribution in [3.63, 3.8) is 0 Å². The predicted octanol–water partition coefficient (Wildman–Crippen LogP) is 3.64. The van der Waals surface area contributed by atoms with Gasteiger partial charge in [0.15, 0.2) is 0 Å². The summed E-state index contributed by atoms with van der Waals surface area (Å²) < 4.78 is 4.96. The molecule has 0 spiro atoms. The molecule has 1 unspecified atom stereocenters. The summed E-state index contributed by atoms with van der Waals surface area (Å²) in [7, 11) is 2.08. The van der Waals surface area contributed by atoms with E-state index in [0.29, 0.717) is 11.6 Å². The second-order valence-corrected chi connectivity index (χ2v) is 6.82. The van der Waals surface area contributed by atoms with Gasteiger partial charge in [0, 0.05) is 30.5 Å². The molecule has 2 heterocycles. The van der Waals surface area contributed by atoms with Gasteiger partial charge in [0.25, 0.3) is 5.91 Å². The molecule has 1 saturated carbocycles. The van der Waals surface area contributed by atoms with E-state index in [1.807, 2.05) is 20.0 Å². The molecule has 1 N–H and O–H groups in total. The molecule has 2 aromatic rings. The Labute approximate surface area is 148 Å². The average Bonchev–Trinajstić information content (AvgIpc) is 3.16. The topological polar surface area (TPSA) is 71.3 Å². The first-order valence-electron chi connectivity index (χ1n) is 8.95. The summed E-state index contributed by atoms with van der Waals surface area (Å²) >= 11 is 0. The number of hydrogen-bond acceptors (Lipinski definition) is 5. The lowest BCUT2D eigenvalue weighted by atomic mass is 9.95. The zero-order valence-corrected chi connectivity index (χ0v) is 15.2. The van der Waals surface area contributed by atoms with Gasteiger partial charge in [0.1, 0.15) is 6.26 Å². The Morgan fingerprint density at radius 3 is 2.76 bits per heavy atom. The highest BCUT2D eigenvalue weighted by molar-refractivity contribution is 5.94. The summed E-state index contributed by atoms with van der Waals surface area (Å²) in [6.45, 7) is 3.91. The lowest BCUT2D eigenvalue weighted by molar-refractivity contribution is 0.0939. The second kappa shape index (κ2) is 7.68. The Morgan fingerprint density at radius 2 is 2.12 bits per heavy atom. The van der Waals surface area contributed by atoms with Gasteiger partial charge in [-0.15, -0.1) is 0 Å². The summed E-state index contributed by atoms with van der Waals surface area (Å²) in [5.41, 5.74) is 2.34. The number of carbonyl (C=O) groups excluding carboxylic acids is 1. The Bertz CT molecular complexity index is 708. The van der Waals surface area contributed by atoms with Crippen LogP contribution in [0.25, 0.3) is 0 Å². The number of amides is 1. The molecule has 0 aromatic carbocycles. The minimum atomic E-state index is -0.170. The van der Waals surface area contributed by atoms with Crippen LogP contribution in [0.5, 0.6) is 0 Å². The van der Waals surface area contributed by atoms with Crippen molar-refractivity contribution in [3.8, 4) is 0 Å². The standard InChI is InChI=1S/C19H26N4O2/c1-13(21-18(24)15-9-10-25-12-15)17-11-20-19(22-14(17)2)23(3)16-7-5-4-6-8-16/h9-13,16H,4-8H2,1-3H3,(H,21,24). The van der Waals surface area contributed by atoms with Gasteiger partial charge < -0.3 is 14.6 Å². The molecule has 6 heteroatoms. The lowest BCUT2D eigenvalue weighted by Gasteiger charge is -2.31. The maximum Gasteiger partial charge on any atom is 0.255 e. The third-order valence-corrected chi connectivity index (χ3v) is 5.04. The monoisotopic (exact) mass is 342 g/mol. The van der Waals surface area contributed by atoms with Crippen molar-refractivity contribution in [2.45, 2.75) is 58.0 Å². The molecule has 0 radical (unpaired) electrons. The SMILES string of the molecule is Cc1nc(N(C)C2CCCCC2)ncc1C(C)NC(=O)c1ccoc1. The van der Waals surface area contributed by atoms with Gasteiger partial charge in [-0.1, -0.05) is 19.3 Å². The molecule has 3 rings (SSSR count). The number of aryl methyl sites for hydroxylation is 1. The quantitative estimate of drug-likeness (QED) is 0.898. The normalized spacial score (nSPS) is 16.4. The minimum Gasteiger partial charge on any atom is -0.472 e. The molecule has 1 fully saturated rings. The Balaban J connectivity index is 1.69. The minimum absolute atomic E-state index is 0.163. The Morgan fingerprint density at radius 1 is 1.36 bits per heavy atom. The van der Waals surface area contributed by atoms with Crippen LogP contribution in [0, 0.1) is 6.92 Å². The maximum absolute atomic E-state index is 12.2. The van der Waals surface area contributed by atoms with Crippen molar-refractivity contribution >= 4 is 11.9 Å². The van der Waals surface area contributed by atoms with Crippen molar-refractivity contribution in [3.05, 3.63) is 41.6 Å². The number of anilines is 1. The largest absolute Gasteiger partial charge is 0.472 e. The summed E-state index contributed by atoms with van der Waals surface area (Å²) in [5.74, 6) is 0.602. The third kappa shape index (κ3) is 4.00. The molecule has 1 amide bonds. The van der Waals surface area contributed by atoms with Gasteiger partial charge in [0.05, 0.1) is 17.9 Å². The van der Waals surface area contributed by atoms with Crippen LogP contribution in [0.1, 0.15) is 66.7 Å². The maximum atomic E-state index is 12.2. The number of aromatic nitrogens is 2. The zero-order chi connectivity index (χ0) is 17.8. The van der Waals surface area contributed by atoms with Crippen molar-refractivity contribution < 1.29 is 9.21 Å². The smallest absolute Gasteiger partial charge is 0.255 e. The van der Waals surface area contributed by atoms with Crippen molar-refractivity contribution in [1.29, 1.82) is 0 Å². The lowest BCUT2D eigenvalue weighted by Crippen LogP contribution is -2.35. The summed E-state index contributed by atoms with van der Waals surface area (Å²) in [4.78, 5) is 23.6. The molecule has 25 heavy (non-hydrogen) atoms. The van der Waals surface area contributed by atoms with Gasteiger partial charge in [-0.25, -0.2) is 9.97 Å². The van der Waals surface area contributed by atoms with Crippen LogP contribution in [-0.4, -0.2) is 29.0 Å². The molecule has 0 bridgehead atoms. The van der Waals surface area contributed by atoms with Crippen LogP contribution in [-0.2, 0) is 0 Å². The fourth-order valence-electron chi connectivity index (χ4n) is 3.44. The summed E-state index contributed by atoms with van der Waals surface area (Å²) in [6, 6.07) is 2.00. The van der Waals surface area contributed by atoms with E-state index < -0.39 is 0 Å². The van der Waals surface area contributed by atoms with Crippen molar-refractivity contribution in [1.82, 2.24) is 15.3 Å². The average molecular weight is 342 g/mol. The molecule has 1 aliphatic rings. The van der Waals surface area contributed by atoms with E-state index in [4.69, 9.17) is 4.42 Å². The van der Waals surface area contributed by atoms with E-state index in [2.05, 4.69) is 27.2 Å². The molecule has 134 valence electrons. The highest BCUT2D eigenvalue weighted by Crippen LogP contribution is 2.25. The molecular weight excluding hydrogens is 316 g/mol. The van der Waals surface area contributed by atoms with Crippen LogP contribution in [0.4, 0.5) is 5.95 Å². The molecule has 6 nitrogen and oxygen atoms in total. The van der Waals surface area contributed by atoms with Gasteiger partial charge in [-0.3, -0.25) is 4.79 Å².